The molecule has 4 heteroatoms. The van der Waals surface area contributed by atoms with Crippen molar-refractivity contribution in [3.63, 3.8) is 0 Å². The molecule has 0 bridgehead atoms. The quantitative estimate of drug-likeness (QED) is 0.920. The first kappa shape index (κ1) is 14.1. The molecule has 2 aromatic rings. The molecule has 108 valence electrons. The molecule has 21 heavy (non-hydrogen) atoms. The van der Waals surface area contributed by atoms with E-state index in [0.717, 1.165) is 12.0 Å². The molecule has 2 aromatic carbocycles. The van der Waals surface area contributed by atoms with Gasteiger partial charge in [-0.1, -0.05) is 48.0 Å². The van der Waals surface area contributed by atoms with Crippen molar-refractivity contribution in [1.82, 2.24) is 5.32 Å². The minimum atomic E-state index is -0.433. The SMILES string of the molecule is O=C1CC(c2ccc(F)c(Cl)c2)C(Cc2ccccc2)N1. The summed E-state index contributed by atoms with van der Waals surface area (Å²) in [5.74, 6) is -0.380. The molecule has 0 aromatic heterocycles. The van der Waals surface area contributed by atoms with Crippen molar-refractivity contribution in [2.24, 2.45) is 0 Å². The van der Waals surface area contributed by atoms with Gasteiger partial charge in [0, 0.05) is 18.4 Å². The summed E-state index contributed by atoms with van der Waals surface area (Å²) in [7, 11) is 0. The molecule has 1 aliphatic heterocycles. The maximum atomic E-state index is 13.3. The molecule has 0 radical (unpaired) electrons. The van der Waals surface area contributed by atoms with Crippen molar-refractivity contribution >= 4 is 17.5 Å². The Morgan fingerprint density at radius 3 is 2.67 bits per heavy atom. The minimum absolute atomic E-state index is 0.0152. The molecule has 1 amide bonds. The third-order valence-corrected chi connectivity index (χ3v) is 4.20. The van der Waals surface area contributed by atoms with Crippen LogP contribution in [-0.2, 0) is 11.2 Å². The highest BCUT2D eigenvalue weighted by Crippen LogP contribution is 2.32. The number of carbonyl (C=O) groups excluding carboxylic acids is 1. The summed E-state index contributed by atoms with van der Waals surface area (Å²) in [6, 6.07) is 14.7. The smallest absolute Gasteiger partial charge is 0.220 e. The van der Waals surface area contributed by atoms with Crippen molar-refractivity contribution in [2.75, 3.05) is 0 Å². The molecule has 2 nitrogen and oxygen atoms in total. The monoisotopic (exact) mass is 303 g/mol. The van der Waals surface area contributed by atoms with Crippen LogP contribution in [0.3, 0.4) is 0 Å². The fraction of sp³-hybridized carbons (Fsp3) is 0.235. The maximum Gasteiger partial charge on any atom is 0.220 e. The van der Waals surface area contributed by atoms with Gasteiger partial charge in [-0.15, -0.1) is 0 Å². The zero-order valence-electron chi connectivity index (χ0n) is 11.4. The summed E-state index contributed by atoms with van der Waals surface area (Å²) < 4.78 is 13.3. The molecule has 1 saturated heterocycles. The largest absolute Gasteiger partial charge is 0.352 e. The molecule has 2 atom stereocenters. The van der Waals surface area contributed by atoms with Crippen LogP contribution in [0.5, 0.6) is 0 Å². The van der Waals surface area contributed by atoms with Gasteiger partial charge in [0.1, 0.15) is 5.82 Å². The average Bonchev–Trinajstić information content (AvgIpc) is 2.84. The first-order valence-corrected chi connectivity index (χ1v) is 7.29. The molecule has 1 heterocycles. The lowest BCUT2D eigenvalue weighted by Gasteiger charge is -2.19. The number of nitrogens with one attached hydrogen (secondary N) is 1. The normalized spacial score (nSPS) is 21.3. The summed E-state index contributed by atoms with van der Waals surface area (Å²) in [5, 5.41) is 3.11. The third kappa shape index (κ3) is 3.08. The Labute approximate surface area is 127 Å². The van der Waals surface area contributed by atoms with E-state index in [1.54, 1.807) is 12.1 Å². The predicted octanol–water partition coefficient (Wildman–Crippen LogP) is 3.69. The van der Waals surface area contributed by atoms with Crippen LogP contribution in [0.2, 0.25) is 5.02 Å². The zero-order valence-corrected chi connectivity index (χ0v) is 12.1. The van der Waals surface area contributed by atoms with E-state index in [1.165, 1.54) is 11.6 Å². The molecule has 1 N–H and O–H groups in total. The van der Waals surface area contributed by atoms with E-state index >= 15 is 0 Å². The number of rotatable bonds is 3. The maximum absolute atomic E-state index is 13.3. The van der Waals surface area contributed by atoms with E-state index in [9.17, 15) is 9.18 Å². The van der Waals surface area contributed by atoms with Gasteiger partial charge in [0.2, 0.25) is 5.91 Å². The van der Waals surface area contributed by atoms with Gasteiger partial charge in [-0.2, -0.15) is 0 Å². The Morgan fingerprint density at radius 2 is 1.95 bits per heavy atom. The van der Waals surface area contributed by atoms with E-state index in [-0.39, 0.29) is 22.9 Å². The molecule has 3 rings (SSSR count). The van der Waals surface area contributed by atoms with Gasteiger partial charge in [0.05, 0.1) is 5.02 Å². The number of benzene rings is 2. The highest BCUT2D eigenvalue weighted by molar-refractivity contribution is 6.30. The molecule has 0 spiro atoms. The second-order valence-electron chi connectivity index (χ2n) is 5.35. The molecule has 2 unspecified atom stereocenters. The molecular weight excluding hydrogens is 289 g/mol. The van der Waals surface area contributed by atoms with Gasteiger partial charge in [-0.05, 0) is 29.7 Å². The fourth-order valence-corrected chi connectivity index (χ4v) is 3.05. The number of hydrogen-bond donors (Lipinski definition) is 1. The van der Waals surface area contributed by atoms with Crippen LogP contribution in [0.25, 0.3) is 0 Å². The van der Waals surface area contributed by atoms with Crippen LogP contribution in [0.15, 0.2) is 48.5 Å². The first-order chi connectivity index (χ1) is 10.1. The Hall–Kier alpha value is -1.87. The van der Waals surface area contributed by atoms with E-state index in [2.05, 4.69) is 5.32 Å². The van der Waals surface area contributed by atoms with Gasteiger partial charge < -0.3 is 5.32 Å². The lowest BCUT2D eigenvalue weighted by atomic mass is 9.88. The third-order valence-electron chi connectivity index (χ3n) is 3.91. The van der Waals surface area contributed by atoms with Crippen LogP contribution in [-0.4, -0.2) is 11.9 Å². The number of halogens is 2. The van der Waals surface area contributed by atoms with Crippen molar-refractivity contribution in [2.45, 2.75) is 24.8 Å². The van der Waals surface area contributed by atoms with E-state index in [1.807, 2.05) is 30.3 Å². The fourth-order valence-electron chi connectivity index (χ4n) is 2.86. The molecule has 1 aliphatic rings. The lowest BCUT2D eigenvalue weighted by molar-refractivity contribution is -0.119. The van der Waals surface area contributed by atoms with Crippen molar-refractivity contribution in [1.29, 1.82) is 0 Å². The summed E-state index contributed by atoms with van der Waals surface area (Å²) in [5.41, 5.74) is 2.07. The Morgan fingerprint density at radius 1 is 1.19 bits per heavy atom. The Bertz CT molecular complexity index is 659. The Kier molecular flexibility index (Phi) is 3.93. The van der Waals surface area contributed by atoms with E-state index in [4.69, 9.17) is 11.6 Å². The van der Waals surface area contributed by atoms with Gasteiger partial charge in [-0.25, -0.2) is 4.39 Å². The highest BCUT2D eigenvalue weighted by atomic mass is 35.5. The van der Waals surface area contributed by atoms with E-state index in [0.29, 0.717) is 6.42 Å². The lowest BCUT2D eigenvalue weighted by Crippen LogP contribution is -2.30. The summed E-state index contributed by atoms with van der Waals surface area (Å²) >= 11 is 5.86. The molecule has 1 fully saturated rings. The Balaban J connectivity index is 1.85. The zero-order chi connectivity index (χ0) is 14.8. The second-order valence-corrected chi connectivity index (χ2v) is 5.76. The van der Waals surface area contributed by atoms with Crippen molar-refractivity contribution in [3.05, 3.63) is 70.5 Å². The summed E-state index contributed by atoms with van der Waals surface area (Å²) in [4.78, 5) is 11.8. The predicted molar refractivity (Wildman–Crippen MR) is 80.8 cm³/mol. The van der Waals surface area contributed by atoms with Crippen LogP contribution in [0.4, 0.5) is 4.39 Å². The van der Waals surface area contributed by atoms with Crippen molar-refractivity contribution < 1.29 is 9.18 Å². The van der Waals surface area contributed by atoms with Gasteiger partial charge in [0.15, 0.2) is 0 Å². The number of hydrogen-bond acceptors (Lipinski definition) is 1. The highest BCUT2D eigenvalue weighted by Gasteiger charge is 2.33. The molecule has 0 aliphatic carbocycles. The number of carbonyl (C=O) groups is 1. The molecular formula is C17H15ClFNO. The van der Waals surface area contributed by atoms with Crippen LogP contribution in [0, 0.1) is 5.82 Å². The standard InChI is InChI=1S/C17H15ClFNO/c18-14-9-12(6-7-15(14)19)13-10-17(21)20-16(13)8-11-4-2-1-3-5-11/h1-7,9,13,16H,8,10H2,(H,20,21). The van der Waals surface area contributed by atoms with Crippen LogP contribution < -0.4 is 5.32 Å². The van der Waals surface area contributed by atoms with Crippen LogP contribution in [0.1, 0.15) is 23.5 Å². The van der Waals surface area contributed by atoms with Gasteiger partial charge in [-0.3, -0.25) is 4.79 Å². The second kappa shape index (κ2) is 5.86. The first-order valence-electron chi connectivity index (χ1n) is 6.92. The topological polar surface area (TPSA) is 29.1 Å². The minimum Gasteiger partial charge on any atom is -0.352 e. The van der Waals surface area contributed by atoms with E-state index < -0.39 is 5.82 Å². The average molecular weight is 304 g/mol. The van der Waals surface area contributed by atoms with Gasteiger partial charge >= 0.3 is 0 Å². The van der Waals surface area contributed by atoms with Crippen LogP contribution >= 0.6 is 11.6 Å². The van der Waals surface area contributed by atoms with Gasteiger partial charge in [0.25, 0.3) is 0 Å². The van der Waals surface area contributed by atoms with Crippen molar-refractivity contribution in [3.8, 4) is 0 Å². The number of amides is 1. The summed E-state index contributed by atoms with van der Waals surface area (Å²) in [6.07, 6.45) is 1.17. The summed E-state index contributed by atoms with van der Waals surface area (Å²) in [6.45, 7) is 0. The molecule has 0 saturated carbocycles.